The summed E-state index contributed by atoms with van der Waals surface area (Å²) in [5, 5.41) is 18.6. The average Bonchev–Trinajstić information content (AvgIpc) is 2.73. The second-order valence-corrected chi connectivity index (χ2v) is 12.1. The maximum absolute atomic E-state index is 12.4. The van der Waals surface area contributed by atoms with E-state index in [2.05, 4.69) is 9.98 Å². The van der Waals surface area contributed by atoms with Crippen LogP contribution in [0, 0.1) is 0 Å². The fraction of sp³-hybridized carbons (Fsp3) is 0.417. The molecule has 2 atom stereocenters. The van der Waals surface area contributed by atoms with E-state index in [1.54, 1.807) is 60.7 Å². The molecule has 0 spiro atoms. The Morgan fingerprint density at radius 3 is 1.14 bits per heavy atom. The number of nitrogens with zero attached hydrogens (tertiary/aromatic N) is 2. The summed E-state index contributed by atoms with van der Waals surface area (Å²) in [6.45, 7) is 4.43. The first kappa shape index (κ1) is 35.7. The zero-order chi connectivity index (χ0) is 28.9. The monoisotopic (exact) mass is 650 g/mol. The molecule has 37 heavy (non-hydrogen) atoms. The molecule has 0 fully saturated rings. The number of hydrogen-bond acceptors (Lipinski definition) is 4. The van der Waals surface area contributed by atoms with Crippen LogP contribution in [0.25, 0.3) is 0 Å². The second kappa shape index (κ2) is 16.0. The summed E-state index contributed by atoms with van der Waals surface area (Å²) in [7, 11) is 9.87. The van der Waals surface area contributed by atoms with E-state index in [4.69, 9.17) is 17.0 Å². The van der Waals surface area contributed by atoms with Crippen LogP contribution in [-0.2, 0) is 20.8 Å². The molecule has 2 aromatic rings. The number of aliphatic imine (C=N–C) groups is 2. The van der Waals surface area contributed by atoms with Crippen molar-refractivity contribution in [2.24, 2.45) is 9.98 Å². The summed E-state index contributed by atoms with van der Waals surface area (Å²) in [6.07, 6.45) is -10.4. The minimum absolute atomic E-state index is 0.235. The number of alkyl halides is 6. The van der Waals surface area contributed by atoms with Gasteiger partial charge in [0.05, 0.1) is 11.4 Å². The molecule has 0 aliphatic rings. The third-order valence-corrected chi connectivity index (χ3v) is 4.57. The molecule has 0 saturated heterocycles. The van der Waals surface area contributed by atoms with Crippen molar-refractivity contribution in [3.8, 4) is 0 Å². The van der Waals surface area contributed by atoms with Crippen LogP contribution in [0.15, 0.2) is 70.6 Å². The SMILES string of the molecule is CC(CC(C)(O)C(F)(F)F)=Nc1ccccc1.CC(CC(C)(O)C(F)(F)F)=Nc1ccccc1.[Cl][Zr][Cl]. The Kier molecular flexibility index (Phi) is 15.4. The molecular formula is C24H28Cl2F6N2O2Zr. The molecule has 2 aromatic carbocycles. The van der Waals surface area contributed by atoms with E-state index in [1.165, 1.54) is 13.8 Å². The van der Waals surface area contributed by atoms with E-state index in [0.29, 0.717) is 11.4 Å². The van der Waals surface area contributed by atoms with E-state index in [-0.39, 0.29) is 11.4 Å². The average molecular weight is 653 g/mol. The Hall–Kier alpha value is -1.26. The molecule has 0 aliphatic heterocycles. The molecule has 0 heterocycles. The Morgan fingerprint density at radius 1 is 0.676 bits per heavy atom. The topological polar surface area (TPSA) is 65.2 Å². The van der Waals surface area contributed by atoms with Crippen molar-refractivity contribution in [1.82, 2.24) is 0 Å². The molecular weight excluding hydrogens is 624 g/mol. The zero-order valence-electron chi connectivity index (χ0n) is 20.5. The van der Waals surface area contributed by atoms with Crippen LogP contribution in [0.1, 0.15) is 40.5 Å². The van der Waals surface area contributed by atoms with Gasteiger partial charge in [-0.25, -0.2) is 0 Å². The van der Waals surface area contributed by atoms with Gasteiger partial charge in [-0.2, -0.15) is 26.3 Å². The first-order valence-corrected chi connectivity index (χ1v) is 16.9. The Balaban J connectivity index is 0.000000633. The molecule has 0 amide bonds. The molecule has 0 bridgehead atoms. The number of rotatable bonds is 6. The minimum atomic E-state index is -4.65. The van der Waals surface area contributed by atoms with Gasteiger partial charge in [0.15, 0.2) is 11.2 Å². The quantitative estimate of drug-likeness (QED) is 0.244. The van der Waals surface area contributed by atoms with Crippen molar-refractivity contribution in [2.75, 3.05) is 0 Å². The Morgan fingerprint density at radius 2 is 0.919 bits per heavy atom. The molecule has 206 valence electrons. The molecule has 0 aromatic heterocycles. The Labute approximate surface area is 231 Å². The molecule has 0 aliphatic carbocycles. The summed E-state index contributed by atoms with van der Waals surface area (Å²) in [5.74, 6) is 0. The number of benzene rings is 2. The van der Waals surface area contributed by atoms with Crippen molar-refractivity contribution in [2.45, 2.75) is 64.1 Å². The molecule has 13 heteroatoms. The summed E-state index contributed by atoms with van der Waals surface area (Å²) >= 11 is -0.826. The van der Waals surface area contributed by atoms with E-state index in [0.717, 1.165) is 13.8 Å². The normalized spacial score (nSPS) is 15.7. The number of hydrogen-bond donors (Lipinski definition) is 2. The van der Waals surface area contributed by atoms with E-state index in [1.807, 2.05) is 0 Å². The first-order chi connectivity index (χ1) is 16.9. The number of halogens is 8. The zero-order valence-corrected chi connectivity index (χ0v) is 24.5. The van der Waals surface area contributed by atoms with Crippen molar-refractivity contribution >= 4 is 39.8 Å². The van der Waals surface area contributed by atoms with Gasteiger partial charge in [-0.3, -0.25) is 9.98 Å². The molecule has 4 nitrogen and oxygen atoms in total. The standard InChI is InChI=1S/2C12H14F3NO.2ClH.Zr/c2*1-9(8-11(2,17)12(13,14)15)16-10-6-4-3-5-7-10;;;/h2*3-7,17H,8H2,1-2H3;2*1H;/q;;;;+2/p-2. The molecule has 2 unspecified atom stereocenters. The van der Waals surface area contributed by atoms with Crippen molar-refractivity contribution in [1.29, 1.82) is 0 Å². The van der Waals surface area contributed by atoms with Crippen LogP contribution in [0.4, 0.5) is 37.7 Å². The summed E-state index contributed by atoms with van der Waals surface area (Å²) < 4.78 is 74.6. The van der Waals surface area contributed by atoms with Crippen LogP contribution in [-0.4, -0.2) is 45.2 Å². The molecule has 2 N–H and O–H groups in total. The van der Waals surface area contributed by atoms with Gasteiger partial charge in [-0.1, -0.05) is 36.4 Å². The maximum atomic E-state index is 12.4. The third-order valence-electron chi connectivity index (χ3n) is 4.57. The van der Waals surface area contributed by atoms with Gasteiger partial charge in [0.2, 0.25) is 0 Å². The summed E-state index contributed by atoms with van der Waals surface area (Å²) in [5.41, 5.74) is -3.87. The van der Waals surface area contributed by atoms with Crippen LogP contribution in [0.3, 0.4) is 0 Å². The third kappa shape index (κ3) is 14.5. The van der Waals surface area contributed by atoms with Gasteiger partial charge in [-0.15, -0.1) is 0 Å². The molecule has 0 radical (unpaired) electrons. The van der Waals surface area contributed by atoms with Crippen molar-refractivity contribution in [3.63, 3.8) is 0 Å². The van der Waals surface area contributed by atoms with Crippen LogP contribution in [0.5, 0.6) is 0 Å². The van der Waals surface area contributed by atoms with Gasteiger partial charge in [0, 0.05) is 24.3 Å². The predicted octanol–water partition coefficient (Wildman–Crippen LogP) is 8.34. The number of para-hydroxylation sites is 2. The van der Waals surface area contributed by atoms with E-state index >= 15 is 0 Å². The molecule has 2 rings (SSSR count). The van der Waals surface area contributed by atoms with Crippen molar-refractivity contribution < 1.29 is 57.4 Å². The van der Waals surface area contributed by atoms with Gasteiger partial charge < -0.3 is 10.2 Å². The van der Waals surface area contributed by atoms with Gasteiger partial charge in [-0.05, 0) is 52.0 Å². The van der Waals surface area contributed by atoms with Crippen LogP contribution in [0.2, 0.25) is 0 Å². The fourth-order valence-corrected chi connectivity index (χ4v) is 2.72. The summed E-state index contributed by atoms with van der Waals surface area (Å²) in [6, 6.07) is 17.3. The van der Waals surface area contributed by atoms with Gasteiger partial charge in [0.25, 0.3) is 0 Å². The molecule has 0 saturated carbocycles. The Bertz CT molecular complexity index is 905. The van der Waals surface area contributed by atoms with E-state index in [9.17, 15) is 36.6 Å². The van der Waals surface area contributed by atoms with Crippen molar-refractivity contribution in [3.05, 3.63) is 60.7 Å². The van der Waals surface area contributed by atoms with Crippen LogP contribution < -0.4 is 0 Å². The van der Waals surface area contributed by atoms with Gasteiger partial charge in [0.1, 0.15) is 0 Å². The first-order valence-electron chi connectivity index (χ1n) is 10.6. The second-order valence-electron chi connectivity index (χ2n) is 8.33. The fourth-order valence-electron chi connectivity index (χ4n) is 2.72. The van der Waals surface area contributed by atoms with Gasteiger partial charge >= 0.3 is 50.2 Å². The predicted molar refractivity (Wildman–Crippen MR) is 133 cm³/mol. The number of aliphatic hydroxyl groups is 2. The summed E-state index contributed by atoms with van der Waals surface area (Å²) in [4.78, 5) is 8.03. The van der Waals surface area contributed by atoms with E-state index < -0.39 is 57.2 Å². The van der Waals surface area contributed by atoms with Crippen LogP contribution >= 0.6 is 17.0 Å².